The first-order valence-corrected chi connectivity index (χ1v) is 8.73. The maximum atomic E-state index is 12.1. The normalized spacial score (nSPS) is 27.5. The summed E-state index contributed by atoms with van der Waals surface area (Å²) in [5.41, 5.74) is 2.72. The zero-order chi connectivity index (χ0) is 16.4. The molecular weight excluding hydrogens is 288 g/mol. The summed E-state index contributed by atoms with van der Waals surface area (Å²) in [7, 11) is 1.56. The summed E-state index contributed by atoms with van der Waals surface area (Å²) >= 11 is 0. The number of carbonyl (C=O) groups is 1. The minimum absolute atomic E-state index is 0.0201. The maximum absolute atomic E-state index is 12.1. The lowest BCUT2D eigenvalue weighted by Gasteiger charge is -2.24. The first-order chi connectivity index (χ1) is 11.1. The van der Waals surface area contributed by atoms with Crippen molar-refractivity contribution in [2.45, 2.75) is 32.2 Å². The fourth-order valence-corrected chi connectivity index (χ4v) is 4.19. The Labute approximate surface area is 139 Å². The summed E-state index contributed by atoms with van der Waals surface area (Å²) < 4.78 is 4.98. The molecule has 126 valence electrons. The van der Waals surface area contributed by atoms with E-state index in [-0.39, 0.29) is 18.6 Å². The van der Waals surface area contributed by atoms with Crippen molar-refractivity contribution in [3.63, 3.8) is 0 Å². The van der Waals surface area contributed by atoms with Crippen LogP contribution in [0.25, 0.3) is 0 Å². The van der Waals surface area contributed by atoms with Crippen LogP contribution in [-0.4, -0.2) is 44.2 Å². The van der Waals surface area contributed by atoms with Gasteiger partial charge in [0, 0.05) is 38.6 Å². The molecule has 2 aliphatic rings. The lowest BCUT2D eigenvalue weighted by atomic mass is 9.94. The van der Waals surface area contributed by atoms with Gasteiger partial charge in [-0.2, -0.15) is 0 Å². The highest BCUT2D eigenvalue weighted by molar-refractivity contribution is 5.78. The molecule has 1 amide bonds. The zero-order valence-corrected chi connectivity index (χ0v) is 14.4. The molecule has 0 bridgehead atoms. The van der Waals surface area contributed by atoms with Crippen molar-refractivity contribution >= 4 is 5.91 Å². The van der Waals surface area contributed by atoms with Crippen molar-refractivity contribution in [2.24, 2.45) is 11.8 Å². The van der Waals surface area contributed by atoms with Crippen LogP contribution in [-0.2, 0) is 9.53 Å². The monoisotopic (exact) mass is 316 g/mol. The lowest BCUT2D eigenvalue weighted by molar-refractivity contribution is -0.125. The van der Waals surface area contributed by atoms with Gasteiger partial charge in [0.2, 0.25) is 5.91 Å². The minimum atomic E-state index is -0.0201. The maximum Gasteiger partial charge on any atom is 0.246 e. The molecule has 0 saturated carbocycles. The molecule has 23 heavy (non-hydrogen) atoms. The molecule has 4 atom stereocenters. The van der Waals surface area contributed by atoms with Crippen molar-refractivity contribution < 1.29 is 9.53 Å². The van der Waals surface area contributed by atoms with E-state index in [1.807, 2.05) is 0 Å². The number of ether oxygens (including phenoxy) is 1. The minimum Gasteiger partial charge on any atom is -0.375 e. The van der Waals surface area contributed by atoms with E-state index >= 15 is 0 Å². The van der Waals surface area contributed by atoms with Gasteiger partial charge in [0.15, 0.2) is 0 Å². The number of nitrogens with one attached hydrogen (secondary N) is 1. The van der Waals surface area contributed by atoms with Gasteiger partial charge in [-0.05, 0) is 17.0 Å². The summed E-state index contributed by atoms with van der Waals surface area (Å²) in [6.45, 7) is 8.05. The molecule has 1 saturated heterocycles. The average molecular weight is 316 g/mol. The largest absolute Gasteiger partial charge is 0.375 e. The van der Waals surface area contributed by atoms with Crippen LogP contribution < -0.4 is 5.32 Å². The summed E-state index contributed by atoms with van der Waals surface area (Å²) in [6.07, 6.45) is 1.22. The molecule has 0 aromatic heterocycles. The third-order valence-corrected chi connectivity index (χ3v) is 5.46. The average Bonchev–Trinajstić information content (AvgIpc) is 3.06. The zero-order valence-electron chi connectivity index (χ0n) is 14.4. The summed E-state index contributed by atoms with van der Waals surface area (Å²) in [6, 6.07) is 8.73. The Bertz CT molecular complexity index is 560. The van der Waals surface area contributed by atoms with Crippen molar-refractivity contribution in [3.05, 3.63) is 35.4 Å². The Kier molecular flexibility index (Phi) is 5.02. The topological polar surface area (TPSA) is 41.6 Å². The van der Waals surface area contributed by atoms with Gasteiger partial charge in [0.05, 0.1) is 6.04 Å². The summed E-state index contributed by atoms with van der Waals surface area (Å²) in [5.74, 6) is 1.74. The van der Waals surface area contributed by atoms with Crippen molar-refractivity contribution in [2.75, 3.05) is 33.4 Å². The molecule has 1 N–H and O–H groups in total. The Morgan fingerprint density at radius 1 is 1.35 bits per heavy atom. The van der Waals surface area contributed by atoms with Crippen LogP contribution in [0.3, 0.4) is 0 Å². The second-order valence-corrected chi connectivity index (χ2v) is 7.11. The van der Waals surface area contributed by atoms with Gasteiger partial charge in [0.1, 0.15) is 6.61 Å². The molecule has 1 unspecified atom stereocenters. The number of nitrogens with zero attached hydrogens (tertiary/aromatic N) is 1. The highest BCUT2D eigenvalue weighted by Crippen LogP contribution is 2.49. The Morgan fingerprint density at radius 3 is 2.78 bits per heavy atom. The van der Waals surface area contributed by atoms with Gasteiger partial charge in [-0.15, -0.1) is 0 Å². The van der Waals surface area contributed by atoms with Crippen LogP contribution in [0.1, 0.15) is 43.4 Å². The van der Waals surface area contributed by atoms with E-state index in [9.17, 15) is 4.79 Å². The van der Waals surface area contributed by atoms with E-state index in [1.165, 1.54) is 17.5 Å². The van der Waals surface area contributed by atoms with Gasteiger partial charge < -0.3 is 15.0 Å². The molecule has 0 radical (unpaired) electrons. The Morgan fingerprint density at radius 2 is 2.09 bits per heavy atom. The predicted molar refractivity (Wildman–Crippen MR) is 91.3 cm³/mol. The van der Waals surface area contributed by atoms with Crippen molar-refractivity contribution in [1.82, 2.24) is 10.2 Å². The second kappa shape index (κ2) is 7.02. The molecule has 1 fully saturated rings. The van der Waals surface area contributed by atoms with E-state index in [1.54, 1.807) is 7.11 Å². The molecule has 4 nitrogen and oxygen atoms in total. The van der Waals surface area contributed by atoms with Gasteiger partial charge in [-0.3, -0.25) is 4.79 Å². The third kappa shape index (κ3) is 3.29. The third-order valence-electron chi connectivity index (χ3n) is 5.46. The number of amides is 1. The first-order valence-electron chi connectivity index (χ1n) is 8.73. The van der Waals surface area contributed by atoms with Crippen LogP contribution in [0, 0.1) is 11.8 Å². The summed E-state index contributed by atoms with van der Waals surface area (Å²) in [5, 5.41) is 3.20. The van der Waals surface area contributed by atoms with Crippen molar-refractivity contribution in [1.29, 1.82) is 0 Å². The number of rotatable bonds is 6. The molecule has 1 heterocycles. The van der Waals surface area contributed by atoms with E-state index in [0.717, 1.165) is 25.6 Å². The molecule has 3 rings (SSSR count). The smallest absolute Gasteiger partial charge is 0.246 e. The highest BCUT2D eigenvalue weighted by atomic mass is 16.5. The number of carbonyl (C=O) groups excluding carboxylic acids is 1. The molecule has 0 spiro atoms. The number of likely N-dealkylation sites (tertiary alicyclic amines) is 1. The number of hydrogen-bond acceptors (Lipinski definition) is 3. The van der Waals surface area contributed by atoms with Gasteiger partial charge in [-0.25, -0.2) is 0 Å². The standard InChI is InChI=1S/C19H28N2O2/c1-4-13(2)9-21-10-16-14-7-5-6-8-15(14)19(17(16)11-21)20-18(22)12-23-3/h5-8,13,16-17,19H,4,9-12H2,1-3H3,(H,20,22)/t13?,16-,17-,19+/m0/s1. The predicted octanol–water partition coefficient (Wildman–Crippen LogP) is 2.57. The number of methoxy groups -OCH3 is 1. The van der Waals surface area contributed by atoms with Gasteiger partial charge in [0.25, 0.3) is 0 Å². The molecule has 1 aromatic rings. The van der Waals surface area contributed by atoms with Crippen LogP contribution in [0.5, 0.6) is 0 Å². The molecule has 1 aliphatic carbocycles. The quantitative estimate of drug-likeness (QED) is 0.877. The SMILES string of the molecule is CCC(C)CN1C[C@@H]2[C@H](NC(=O)COC)c3ccccc3[C@@H]2C1. The van der Waals surface area contributed by atoms with E-state index in [2.05, 4.69) is 48.3 Å². The van der Waals surface area contributed by atoms with E-state index in [4.69, 9.17) is 4.74 Å². The van der Waals surface area contributed by atoms with E-state index in [0.29, 0.717) is 11.8 Å². The lowest BCUT2D eigenvalue weighted by Crippen LogP contribution is -2.36. The van der Waals surface area contributed by atoms with Crippen LogP contribution in [0.4, 0.5) is 0 Å². The molecule has 1 aliphatic heterocycles. The highest BCUT2D eigenvalue weighted by Gasteiger charge is 2.46. The molecule has 4 heteroatoms. The Balaban J connectivity index is 1.78. The fourth-order valence-electron chi connectivity index (χ4n) is 4.19. The second-order valence-electron chi connectivity index (χ2n) is 7.11. The molecule has 1 aromatic carbocycles. The first kappa shape index (κ1) is 16.5. The fraction of sp³-hybridized carbons (Fsp3) is 0.632. The number of benzene rings is 1. The van der Waals surface area contributed by atoms with Crippen LogP contribution in [0.2, 0.25) is 0 Å². The van der Waals surface area contributed by atoms with E-state index < -0.39 is 0 Å². The van der Waals surface area contributed by atoms with Crippen molar-refractivity contribution in [3.8, 4) is 0 Å². The van der Waals surface area contributed by atoms with Gasteiger partial charge in [-0.1, -0.05) is 44.5 Å². The Hall–Kier alpha value is -1.39. The van der Waals surface area contributed by atoms with Crippen LogP contribution >= 0.6 is 0 Å². The van der Waals surface area contributed by atoms with Crippen LogP contribution in [0.15, 0.2) is 24.3 Å². The van der Waals surface area contributed by atoms with Gasteiger partial charge >= 0.3 is 0 Å². The summed E-state index contributed by atoms with van der Waals surface area (Å²) in [4.78, 5) is 14.6. The number of hydrogen-bond donors (Lipinski definition) is 1. The molecular formula is C19H28N2O2. The number of fused-ring (bicyclic) bond motifs is 3.